The first-order valence-corrected chi connectivity index (χ1v) is 9.57. The van der Waals surface area contributed by atoms with Crippen molar-refractivity contribution in [1.82, 2.24) is 9.21 Å². The second-order valence-corrected chi connectivity index (χ2v) is 8.14. The van der Waals surface area contributed by atoms with Crippen LogP contribution in [0.15, 0.2) is 17.0 Å². The minimum atomic E-state index is -3.51. The fraction of sp³-hybridized carbons (Fsp3) is 0.588. The molecule has 0 aliphatic carbocycles. The van der Waals surface area contributed by atoms with Crippen molar-refractivity contribution in [3.63, 3.8) is 0 Å². The molecule has 1 aromatic carbocycles. The summed E-state index contributed by atoms with van der Waals surface area (Å²) in [6.07, 6.45) is 1.35. The molecule has 5 nitrogen and oxygen atoms in total. The summed E-state index contributed by atoms with van der Waals surface area (Å²) >= 11 is 0. The maximum atomic E-state index is 13.0. The second kappa shape index (κ2) is 7.01. The van der Waals surface area contributed by atoms with Gasteiger partial charge >= 0.3 is 0 Å². The zero-order valence-corrected chi connectivity index (χ0v) is 15.2. The van der Waals surface area contributed by atoms with Gasteiger partial charge in [-0.25, -0.2) is 8.42 Å². The Morgan fingerprint density at radius 3 is 2.04 bits per heavy atom. The van der Waals surface area contributed by atoms with E-state index in [1.54, 1.807) is 4.90 Å². The van der Waals surface area contributed by atoms with E-state index in [9.17, 15) is 13.2 Å². The predicted octanol–water partition coefficient (Wildman–Crippen LogP) is 2.24. The molecule has 1 saturated heterocycles. The van der Waals surface area contributed by atoms with Crippen molar-refractivity contribution in [2.75, 3.05) is 26.2 Å². The average molecular weight is 338 g/mol. The maximum absolute atomic E-state index is 13.0. The van der Waals surface area contributed by atoms with Crippen molar-refractivity contribution in [3.05, 3.63) is 28.8 Å². The number of aryl methyl sites for hydroxylation is 3. The molecule has 0 unspecified atom stereocenters. The van der Waals surface area contributed by atoms with E-state index in [1.807, 2.05) is 39.8 Å². The Hall–Kier alpha value is -1.40. The van der Waals surface area contributed by atoms with E-state index in [1.165, 1.54) is 4.31 Å². The van der Waals surface area contributed by atoms with Gasteiger partial charge in [0.2, 0.25) is 15.9 Å². The zero-order chi connectivity index (χ0) is 17.2. The number of carbonyl (C=O) groups is 1. The van der Waals surface area contributed by atoms with Gasteiger partial charge in [0.1, 0.15) is 0 Å². The second-order valence-electron chi connectivity index (χ2n) is 6.26. The molecule has 0 radical (unpaired) electrons. The van der Waals surface area contributed by atoms with Crippen LogP contribution in [0, 0.1) is 20.8 Å². The average Bonchev–Trinajstić information content (AvgIpc) is 2.46. The summed E-state index contributed by atoms with van der Waals surface area (Å²) in [5.74, 6) is 0.118. The van der Waals surface area contributed by atoms with Crippen molar-refractivity contribution in [2.24, 2.45) is 0 Å². The lowest BCUT2D eigenvalue weighted by atomic mass is 10.1. The van der Waals surface area contributed by atoms with Gasteiger partial charge in [-0.05, 0) is 38.3 Å². The number of sulfonamides is 1. The third kappa shape index (κ3) is 3.75. The van der Waals surface area contributed by atoms with Crippen LogP contribution in [0.1, 0.15) is 36.5 Å². The summed E-state index contributed by atoms with van der Waals surface area (Å²) in [5.41, 5.74) is 2.63. The van der Waals surface area contributed by atoms with Crippen LogP contribution in [0.4, 0.5) is 0 Å². The highest BCUT2D eigenvalue weighted by molar-refractivity contribution is 7.89. The van der Waals surface area contributed by atoms with Crippen molar-refractivity contribution >= 4 is 15.9 Å². The number of amides is 1. The highest BCUT2D eigenvalue weighted by Crippen LogP contribution is 2.26. The Bertz CT molecular complexity index is 667. The van der Waals surface area contributed by atoms with E-state index in [4.69, 9.17) is 0 Å². The first kappa shape index (κ1) is 17.9. The van der Waals surface area contributed by atoms with Crippen LogP contribution in [0.2, 0.25) is 0 Å². The van der Waals surface area contributed by atoms with Crippen molar-refractivity contribution < 1.29 is 13.2 Å². The minimum Gasteiger partial charge on any atom is -0.340 e. The summed E-state index contributed by atoms with van der Waals surface area (Å²) in [6.45, 7) is 9.30. The number of rotatable bonds is 4. The summed E-state index contributed by atoms with van der Waals surface area (Å²) in [5, 5.41) is 0. The summed E-state index contributed by atoms with van der Waals surface area (Å²) in [7, 11) is -3.51. The van der Waals surface area contributed by atoms with Crippen molar-refractivity contribution in [2.45, 2.75) is 45.4 Å². The fourth-order valence-corrected chi connectivity index (χ4v) is 5.09. The zero-order valence-electron chi connectivity index (χ0n) is 14.4. The fourth-order valence-electron chi connectivity index (χ4n) is 3.25. The van der Waals surface area contributed by atoms with E-state index < -0.39 is 10.0 Å². The molecule has 0 bridgehead atoms. The van der Waals surface area contributed by atoms with E-state index in [2.05, 4.69) is 0 Å². The van der Waals surface area contributed by atoms with Crippen LogP contribution in [0.3, 0.4) is 0 Å². The molecule has 1 heterocycles. The number of piperazine rings is 1. The topological polar surface area (TPSA) is 57.7 Å². The van der Waals surface area contributed by atoms with E-state index >= 15 is 0 Å². The Morgan fingerprint density at radius 2 is 1.57 bits per heavy atom. The lowest BCUT2D eigenvalue weighted by Gasteiger charge is -2.34. The smallest absolute Gasteiger partial charge is 0.243 e. The molecule has 0 spiro atoms. The largest absolute Gasteiger partial charge is 0.340 e. The van der Waals surface area contributed by atoms with Gasteiger partial charge in [-0.15, -0.1) is 0 Å². The van der Waals surface area contributed by atoms with Gasteiger partial charge in [0.05, 0.1) is 4.90 Å². The molecular formula is C17H26N2O3S. The van der Waals surface area contributed by atoms with Crippen LogP contribution >= 0.6 is 0 Å². The van der Waals surface area contributed by atoms with Gasteiger partial charge in [0, 0.05) is 32.6 Å². The molecule has 0 aromatic heterocycles. The lowest BCUT2D eigenvalue weighted by Crippen LogP contribution is -2.50. The molecule has 0 atom stereocenters. The monoisotopic (exact) mass is 338 g/mol. The van der Waals surface area contributed by atoms with Crippen LogP contribution in [0.5, 0.6) is 0 Å². The Balaban J connectivity index is 2.19. The molecule has 1 aliphatic rings. The van der Waals surface area contributed by atoms with Crippen LogP contribution in [0.25, 0.3) is 0 Å². The molecule has 0 saturated carbocycles. The Kier molecular flexibility index (Phi) is 5.47. The van der Waals surface area contributed by atoms with Crippen LogP contribution in [-0.4, -0.2) is 49.7 Å². The number of hydrogen-bond acceptors (Lipinski definition) is 3. The first-order chi connectivity index (χ1) is 10.8. The number of hydrogen-bond donors (Lipinski definition) is 0. The van der Waals surface area contributed by atoms with Gasteiger partial charge < -0.3 is 4.90 Å². The summed E-state index contributed by atoms with van der Waals surface area (Å²) in [4.78, 5) is 14.1. The molecule has 128 valence electrons. The molecule has 0 N–H and O–H groups in total. The highest BCUT2D eigenvalue weighted by atomic mass is 32.2. The molecular weight excluding hydrogens is 312 g/mol. The van der Waals surface area contributed by atoms with Crippen LogP contribution in [-0.2, 0) is 14.8 Å². The first-order valence-electron chi connectivity index (χ1n) is 8.13. The molecule has 6 heteroatoms. The molecule has 2 rings (SSSR count). The highest BCUT2D eigenvalue weighted by Gasteiger charge is 2.31. The number of carbonyl (C=O) groups excluding carboxylic acids is 1. The predicted molar refractivity (Wildman–Crippen MR) is 90.9 cm³/mol. The Labute approximate surface area is 139 Å². The van der Waals surface area contributed by atoms with E-state index in [-0.39, 0.29) is 5.91 Å². The lowest BCUT2D eigenvalue weighted by molar-refractivity contribution is -0.132. The molecule has 1 aromatic rings. The van der Waals surface area contributed by atoms with Gasteiger partial charge in [0.15, 0.2) is 0 Å². The third-order valence-electron chi connectivity index (χ3n) is 4.26. The third-order valence-corrected chi connectivity index (χ3v) is 6.46. The molecule has 1 fully saturated rings. The maximum Gasteiger partial charge on any atom is 0.243 e. The van der Waals surface area contributed by atoms with Crippen LogP contribution < -0.4 is 0 Å². The summed E-state index contributed by atoms with van der Waals surface area (Å²) < 4.78 is 27.4. The van der Waals surface area contributed by atoms with Gasteiger partial charge in [-0.2, -0.15) is 4.31 Å². The number of nitrogens with zero attached hydrogens (tertiary/aromatic N) is 2. The van der Waals surface area contributed by atoms with Gasteiger partial charge in [-0.1, -0.05) is 24.6 Å². The molecule has 23 heavy (non-hydrogen) atoms. The summed E-state index contributed by atoms with van der Waals surface area (Å²) in [6, 6.07) is 3.81. The van der Waals surface area contributed by atoms with Crippen molar-refractivity contribution in [3.8, 4) is 0 Å². The minimum absolute atomic E-state index is 0.118. The van der Waals surface area contributed by atoms with E-state index in [0.29, 0.717) is 37.5 Å². The van der Waals surface area contributed by atoms with E-state index in [0.717, 1.165) is 23.1 Å². The Morgan fingerprint density at radius 1 is 1.04 bits per heavy atom. The normalized spacial score (nSPS) is 16.6. The quantitative estimate of drug-likeness (QED) is 0.846. The number of benzene rings is 1. The van der Waals surface area contributed by atoms with Crippen molar-refractivity contribution in [1.29, 1.82) is 0 Å². The SMILES string of the molecule is CCCC(=O)N1CCN(S(=O)(=O)c2c(C)cc(C)cc2C)CC1. The van der Waals surface area contributed by atoms with Gasteiger partial charge in [0.25, 0.3) is 0 Å². The standard InChI is InChI=1S/C17H26N2O3S/c1-5-6-16(20)18-7-9-19(10-8-18)23(21,22)17-14(3)11-13(2)12-15(17)4/h11-12H,5-10H2,1-4H3. The molecule has 1 amide bonds. The molecule has 1 aliphatic heterocycles. The van der Waals surface area contributed by atoms with Gasteiger partial charge in [-0.3, -0.25) is 4.79 Å².